The molecule has 0 aliphatic rings. The number of benzene rings is 2. The second-order valence-corrected chi connectivity index (χ2v) is 7.98. The summed E-state index contributed by atoms with van der Waals surface area (Å²) in [6, 6.07) is 18.8. The molecule has 184 valence electrons. The average molecular weight is 488 g/mol. The monoisotopic (exact) mass is 487 g/mol. The third-order valence-electron chi connectivity index (χ3n) is 5.43. The Balaban J connectivity index is 1.41. The van der Waals surface area contributed by atoms with Gasteiger partial charge in [0, 0.05) is 31.5 Å². The van der Waals surface area contributed by atoms with Crippen LogP contribution in [0.2, 0.25) is 0 Å². The van der Waals surface area contributed by atoms with Crippen LogP contribution in [0.1, 0.15) is 42.5 Å². The average Bonchev–Trinajstić information content (AvgIpc) is 3.34. The van der Waals surface area contributed by atoms with E-state index in [0.29, 0.717) is 17.9 Å². The number of carboxylic acid groups (broad SMARTS) is 1. The fourth-order valence-electron chi connectivity index (χ4n) is 3.61. The molecular weight excluding hydrogens is 462 g/mol. The molecule has 4 aromatic rings. The van der Waals surface area contributed by atoms with Gasteiger partial charge in [-0.25, -0.2) is 9.78 Å². The predicted molar refractivity (Wildman–Crippen MR) is 133 cm³/mol. The number of anilines is 1. The SMILES string of the molecule is O=C(O)c1ccc(CNC(=O)c2cccc3nc(C(=O)NCc4cccc(NCCO)c4)cn23)cc1. The molecule has 10 nitrogen and oxygen atoms in total. The first-order valence-electron chi connectivity index (χ1n) is 11.2. The second kappa shape index (κ2) is 11.2. The van der Waals surface area contributed by atoms with Crippen molar-refractivity contribution in [3.8, 4) is 0 Å². The Morgan fingerprint density at radius 3 is 2.33 bits per heavy atom. The number of aliphatic hydroxyl groups excluding tert-OH is 1. The minimum absolute atomic E-state index is 0.0226. The molecule has 36 heavy (non-hydrogen) atoms. The van der Waals surface area contributed by atoms with E-state index >= 15 is 0 Å². The van der Waals surface area contributed by atoms with E-state index in [4.69, 9.17) is 10.2 Å². The molecule has 2 amide bonds. The van der Waals surface area contributed by atoms with Crippen molar-refractivity contribution in [2.75, 3.05) is 18.5 Å². The summed E-state index contributed by atoms with van der Waals surface area (Å²) in [5.41, 5.74) is 3.59. The van der Waals surface area contributed by atoms with Gasteiger partial charge in [-0.2, -0.15) is 0 Å². The van der Waals surface area contributed by atoms with Crippen molar-refractivity contribution >= 4 is 29.1 Å². The summed E-state index contributed by atoms with van der Waals surface area (Å²) in [5.74, 6) is -1.75. The van der Waals surface area contributed by atoms with Gasteiger partial charge in [-0.05, 0) is 47.5 Å². The van der Waals surface area contributed by atoms with Gasteiger partial charge in [0.15, 0.2) is 0 Å². The quantitative estimate of drug-likeness (QED) is 0.231. The second-order valence-electron chi connectivity index (χ2n) is 7.98. The molecule has 2 heterocycles. The molecule has 2 aromatic heterocycles. The van der Waals surface area contributed by atoms with Gasteiger partial charge in [0.1, 0.15) is 17.0 Å². The molecule has 0 bridgehead atoms. The van der Waals surface area contributed by atoms with Gasteiger partial charge in [0.25, 0.3) is 11.8 Å². The molecule has 4 rings (SSSR count). The number of pyridine rings is 1. The molecule has 0 fully saturated rings. The number of amides is 2. The van der Waals surface area contributed by atoms with Crippen molar-refractivity contribution in [3.05, 3.63) is 101 Å². The molecule has 0 aliphatic carbocycles. The van der Waals surface area contributed by atoms with Crippen molar-refractivity contribution in [1.29, 1.82) is 0 Å². The molecule has 0 atom stereocenters. The maximum atomic E-state index is 12.8. The van der Waals surface area contributed by atoms with Gasteiger partial charge in [0.05, 0.1) is 12.2 Å². The molecule has 0 saturated carbocycles. The summed E-state index contributed by atoms with van der Waals surface area (Å²) >= 11 is 0. The lowest BCUT2D eigenvalue weighted by Gasteiger charge is -2.08. The number of hydrogen-bond acceptors (Lipinski definition) is 6. The first-order chi connectivity index (χ1) is 17.4. The largest absolute Gasteiger partial charge is 0.478 e. The highest BCUT2D eigenvalue weighted by Crippen LogP contribution is 2.13. The molecule has 0 spiro atoms. The summed E-state index contributed by atoms with van der Waals surface area (Å²) in [6.45, 7) is 0.956. The van der Waals surface area contributed by atoms with E-state index in [1.54, 1.807) is 34.7 Å². The van der Waals surface area contributed by atoms with Crippen LogP contribution in [-0.2, 0) is 13.1 Å². The number of hydrogen-bond donors (Lipinski definition) is 5. The van der Waals surface area contributed by atoms with Crippen LogP contribution in [-0.4, -0.2) is 50.5 Å². The molecule has 0 unspecified atom stereocenters. The normalized spacial score (nSPS) is 10.7. The molecule has 2 aromatic carbocycles. The Hall–Kier alpha value is -4.70. The van der Waals surface area contributed by atoms with E-state index in [9.17, 15) is 14.4 Å². The number of fused-ring (bicyclic) bond motifs is 1. The molecule has 10 heteroatoms. The van der Waals surface area contributed by atoms with E-state index < -0.39 is 5.97 Å². The Bertz CT molecular complexity index is 1400. The molecule has 0 radical (unpaired) electrons. The van der Waals surface area contributed by atoms with Gasteiger partial charge in [-0.15, -0.1) is 0 Å². The zero-order chi connectivity index (χ0) is 25.5. The van der Waals surface area contributed by atoms with Crippen LogP contribution in [0.15, 0.2) is 72.9 Å². The number of carboxylic acids is 1. The number of carbonyl (C=O) groups excluding carboxylic acids is 2. The molecule has 0 aliphatic heterocycles. The van der Waals surface area contributed by atoms with Gasteiger partial charge in [0.2, 0.25) is 0 Å². The zero-order valence-corrected chi connectivity index (χ0v) is 19.3. The number of nitrogens with zero attached hydrogens (tertiary/aromatic N) is 2. The highest BCUT2D eigenvalue weighted by molar-refractivity contribution is 5.95. The maximum absolute atomic E-state index is 12.8. The van der Waals surface area contributed by atoms with Crippen LogP contribution in [0.3, 0.4) is 0 Å². The molecule has 0 saturated heterocycles. The van der Waals surface area contributed by atoms with Crippen LogP contribution >= 0.6 is 0 Å². The Morgan fingerprint density at radius 1 is 0.861 bits per heavy atom. The number of aromatic carboxylic acids is 1. The summed E-state index contributed by atoms with van der Waals surface area (Å²) < 4.78 is 1.55. The van der Waals surface area contributed by atoms with Crippen LogP contribution in [0.4, 0.5) is 5.69 Å². The lowest BCUT2D eigenvalue weighted by molar-refractivity contribution is 0.0696. The first-order valence-corrected chi connectivity index (χ1v) is 11.2. The standard InChI is InChI=1S/C26H25N5O5/c32-12-11-27-20-4-1-3-18(13-20)15-28-24(33)21-16-31-22(5-2-6-23(31)30-21)25(34)29-14-17-7-9-19(10-8-17)26(35)36/h1-10,13,16,27,32H,11-12,14-15H2,(H,28,33)(H,29,34)(H,35,36). The highest BCUT2D eigenvalue weighted by Gasteiger charge is 2.15. The van der Waals surface area contributed by atoms with Crippen LogP contribution in [0, 0.1) is 0 Å². The van der Waals surface area contributed by atoms with E-state index in [2.05, 4.69) is 20.9 Å². The van der Waals surface area contributed by atoms with E-state index in [0.717, 1.165) is 16.8 Å². The number of carbonyl (C=O) groups is 3. The van der Waals surface area contributed by atoms with Crippen LogP contribution in [0.5, 0.6) is 0 Å². The fourth-order valence-corrected chi connectivity index (χ4v) is 3.61. The summed E-state index contributed by atoms with van der Waals surface area (Å²) in [4.78, 5) is 40.9. The van der Waals surface area contributed by atoms with E-state index in [1.807, 2.05) is 24.3 Å². The van der Waals surface area contributed by atoms with E-state index in [-0.39, 0.29) is 42.8 Å². The Kier molecular flexibility index (Phi) is 7.57. The Labute approximate surface area is 206 Å². The minimum atomic E-state index is -1.01. The number of rotatable bonds is 10. The fraction of sp³-hybridized carbons (Fsp3) is 0.154. The van der Waals surface area contributed by atoms with Gasteiger partial charge >= 0.3 is 5.97 Å². The first kappa shape index (κ1) is 24.4. The highest BCUT2D eigenvalue weighted by atomic mass is 16.4. The molecular formula is C26H25N5O5. The lowest BCUT2D eigenvalue weighted by Crippen LogP contribution is -2.25. The Morgan fingerprint density at radius 2 is 1.58 bits per heavy atom. The zero-order valence-electron chi connectivity index (χ0n) is 19.3. The van der Waals surface area contributed by atoms with Crippen LogP contribution < -0.4 is 16.0 Å². The third kappa shape index (κ3) is 5.86. The topological polar surface area (TPSA) is 145 Å². The smallest absolute Gasteiger partial charge is 0.335 e. The molecule has 5 N–H and O–H groups in total. The summed E-state index contributed by atoms with van der Waals surface area (Å²) in [6.07, 6.45) is 1.51. The van der Waals surface area contributed by atoms with Crippen molar-refractivity contribution in [2.24, 2.45) is 0 Å². The third-order valence-corrected chi connectivity index (χ3v) is 5.43. The van der Waals surface area contributed by atoms with E-state index in [1.165, 1.54) is 18.3 Å². The van der Waals surface area contributed by atoms with Gasteiger partial charge in [-0.3, -0.25) is 14.0 Å². The minimum Gasteiger partial charge on any atom is -0.478 e. The van der Waals surface area contributed by atoms with Crippen molar-refractivity contribution in [2.45, 2.75) is 13.1 Å². The summed E-state index contributed by atoms with van der Waals surface area (Å²) in [7, 11) is 0. The summed E-state index contributed by atoms with van der Waals surface area (Å²) in [5, 5.41) is 26.7. The number of aromatic nitrogens is 2. The predicted octanol–water partition coefficient (Wildman–Crippen LogP) is 2.30. The number of nitrogens with one attached hydrogen (secondary N) is 3. The maximum Gasteiger partial charge on any atom is 0.335 e. The van der Waals surface area contributed by atoms with Crippen molar-refractivity contribution < 1.29 is 24.6 Å². The van der Waals surface area contributed by atoms with Gasteiger partial charge in [-0.1, -0.05) is 30.3 Å². The van der Waals surface area contributed by atoms with Crippen LogP contribution in [0.25, 0.3) is 5.65 Å². The number of imidazole rings is 1. The van der Waals surface area contributed by atoms with Gasteiger partial charge < -0.3 is 26.2 Å². The van der Waals surface area contributed by atoms with Crippen molar-refractivity contribution in [3.63, 3.8) is 0 Å². The van der Waals surface area contributed by atoms with Crippen molar-refractivity contribution in [1.82, 2.24) is 20.0 Å². The lowest BCUT2D eigenvalue weighted by atomic mass is 10.1. The number of aliphatic hydroxyl groups is 1.